The van der Waals surface area contributed by atoms with E-state index < -0.39 is 10.0 Å². The van der Waals surface area contributed by atoms with Gasteiger partial charge in [-0.05, 0) is 49.3 Å². The van der Waals surface area contributed by atoms with Gasteiger partial charge in [-0.25, -0.2) is 8.42 Å². The molecule has 0 amide bonds. The summed E-state index contributed by atoms with van der Waals surface area (Å²) in [6.07, 6.45) is 9.99. The second-order valence-electron chi connectivity index (χ2n) is 7.90. The average molecular weight is 407 g/mol. The van der Waals surface area contributed by atoms with Crippen molar-refractivity contribution in [1.29, 1.82) is 0 Å². The average Bonchev–Trinajstić information content (AvgIpc) is 3.42. The van der Waals surface area contributed by atoms with Crippen LogP contribution < -0.4 is 10.6 Å². The first kappa shape index (κ1) is 21.1. The van der Waals surface area contributed by atoms with Crippen LogP contribution in [0.25, 0.3) is 0 Å². The molecule has 2 aliphatic rings. The van der Waals surface area contributed by atoms with Crippen molar-refractivity contribution in [2.75, 3.05) is 26.7 Å². The van der Waals surface area contributed by atoms with Crippen molar-refractivity contribution in [2.45, 2.75) is 62.8 Å². The lowest BCUT2D eigenvalue weighted by atomic mass is 10.0. The molecule has 1 heterocycles. The summed E-state index contributed by atoms with van der Waals surface area (Å²) in [6, 6.07) is 7.18. The van der Waals surface area contributed by atoms with Crippen LogP contribution in [0.5, 0.6) is 0 Å². The second-order valence-corrected chi connectivity index (χ2v) is 9.84. The molecule has 1 saturated carbocycles. The highest BCUT2D eigenvalue weighted by Crippen LogP contribution is 2.28. The Morgan fingerprint density at radius 2 is 1.75 bits per heavy atom. The molecular formula is C21H34N4O2S. The first-order valence-electron chi connectivity index (χ1n) is 10.6. The highest BCUT2D eigenvalue weighted by molar-refractivity contribution is 7.89. The van der Waals surface area contributed by atoms with Crippen molar-refractivity contribution >= 4 is 16.0 Å². The Bertz CT molecular complexity index is 734. The molecule has 6 nitrogen and oxygen atoms in total. The van der Waals surface area contributed by atoms with Gasteiger partial charge in [-0.2, -0.15) is 4.31 Å². The lowest BCUT2D eigenvalue weighted by Crippen LogP contribution is -2.37. The number of guanidine groups is 1. The van der Waals surface area contributed by atoms with E-state index in [0.29, 0.717) is 24.5 Å². The van der Waals surface area contributed by atoms with Crippen LogP contribution in [0.4, 0.5) is 0 Å². The number of benzene rings is 1. The molecular weight excluding hydrogens is 372 g/mol. The maximum atomic E-state index is 12.6. The van der Waals surface area contributed by atoms with E-state index in [1.165, 1.54) is 38.5 Å². The molecule has 0 atom stereocenters. The van der Waals surface area contributed by atoms with Crippen molar-refractivity contribution in [3.05, 3.63) is 29.8 Å². The van der Waals surface area contributed by atoms with Crippen molar-refractivity contribution in [3.63, 3.8) is 0 Å². The topological polar surface area (TPSA) is 73.8 Å². The number of sulfonamides is 1. The van der Waals surface area contributed by atoms with E-state index in [4.69, 9.17) is 0 Å². The zero-order valence-electron chi connectivity index (χ0n) is 17.0. The minimum atomic E-state index is -3.34. The molecule has 0 unspecified atom stereocenters. The van der Waals surface area contributed by atoms with Crippen LogP contribution in [-0.4, -0.2) is 45.4 Å². The zero-order chi connectivity index (χ0) is 19.8. The van der Waals surface area contributed by atoms with Crippen LogP contribution in [0, 0.1) is 5.92 Å². The minimum Gasteiger partial charge on any atom is -0.356 e. The van der Waals surface area contributed by atoms with Crippen molar-refractivity contribution in [2.24, 2.45) is 10.9 Å². The van der Waals surface area contributed by atoms with Crippen molar-refractivity contribution < 1.29 is 8.42 Å². The maximum Gasteiger partial charge on any atom is 0.243 e. The fourth-order valence-corrected chi connectivity index (χ4v) is 5.68. The monoisotopic (exact) mass is 406 g/mol. The molecule has 0 bridgehead atoms. The summed E-state index contributed by atoms with van der Waals surface area (Å²) in [6.45, 7) is 2.82. The van der Waals surface area contributed by atoms with E-state index in [9.17, 15) is 8.42 Å². The van der Waals surface area contributed by atoms with E-state index in [2.05, 4.69) is 15.6 Å². The second kappa shape index (κ2) is 10.3. The summed E-state index contributed by atoms with van der Waals surface area (Å²) in [7, 11) is -1.56. The Kier molecular flexibility index (Phi) is 7.73. The smallest absolute Gasteiger partial charge is 0.243 e. The summed E-state index contributed by atoms with van der Waals surface area (Å²) >= 11 is 0. The number of hydrogen-bond donors (Lipinski definition) is 2. The van der Waals surface area contributed by atoms with Gasteiger partial charge in [0.05, 0.1) is 4.90 Å². The third-order valence-corrected chi connectivity index (χ3v) is 7.78. The molecule has 7 heteroatoms. The fraction of sp³-hybridized carbons (Fsp3) is 0.667. The fourth-order valence-electron chi connectivity index (χ4n) is 4.16. The van der Waals surface area contributed by atoms with Crippen LogP contribution in [0.15, 0.2) is 34.2 Å². The van der Waals surface area contributed by atoms with Gasteiger partial charge in [0.25, 0.3) is 0 Å². The van der Waals surface area contributed by atoms with E-state index in [-0.39, 0.29) is 0 Å². The van der Waals surface area contributed by atoms with Gasteiger partial charge in [0.15, 0.2) is 5.96 Å². The van der Waals surface area contributed by atoms with E-state index in [0.717, 1.165) is 36.8 Å². The lowest BCUT2D eigenvalue weighted by molar-refractivity contribution is 0.477. The first-order valence-corrected chi connectivity index (χ1v) is 12.1. The number of nitrogens with zero attached hydrogens (tertiary/aromatic N) is 2. The molecule has 0 spiro atoms. The molecule has 3 rings (SSSR count). The molecule has 0 aromatic heterocycles. The predicted molar refractivity (Wildman–Crippen MR) is 114 cm³/mol. The van der Waals surface area contributed by atoms with Crippen molar-refractivity contribution in [3.8, 4) is 0 Å². The minimum absolute atomic E-state index is 0.382. The zero-order valence-corrected chi connectivity index (χ0v) is 17.8. The van der Waals surface area contributed by atoms with E-state index in [1.807, 2.05) is 12.1 Å². The summed E-state index contributed by atoms with van der Waals surface area (Å²) in [5, 5.41) is 6.68. The number of rotatable bonds is 8. The number of nitrogens with one attached hydrogen (secondary N) is 2. The van der Waals surface area contributed by atoms with E-state index in [1.54, 1.807) is 23.5 Å². The summed E-state index contributed by atoms with van der Waals surface area (Å²) < 4.78 is 26.7. The van der Waals surface area contributed by atoms with Crippen LogP contribution in [0.1, 0.15) is 56.9 Å². The third kappa shape index (κ3) is 5.70. The Hall–Kier alpha value is -1.60. The molecule has 1 aliphatic carbocycles. The Balaban J connectivity index is 1.42. The summed E-state index contributed by atoms with van der Waals surface area (Å²) in [5.74, 6) is 1.72. The van der Waals surface area contributed by atoms with Crippen LogP contribution in [0.3, 0.4) is 0 Å². The molecule has 0 radical (unpaired) electrons. The molecule has 2 fully saturated rings. The van der Waals surface area contributed by atoms with Gasteiger partial charge in [0, 0.05) is 33.2 Å². The van der Waals surface area contributed by atoms with Gasteiger partial charge in [-0.15, -0.1) is 0 Å². The molecule has 1 aromatic carbocycles. The van der Waals surface area contributed by atoms with Gasteiger partial charge in [0.2, 0.25) is 10.0 Å². The molecule has 28 heavy (non-hydrogen) atoms. The van der Waals surface area contributed by atoms with Crippen LogP contribution in [-0.2, 0) is 16.6 Å². The molecule has 1 saturated heterocycles. The Morgan fingerprint density at radius 3 is 2.39 bits per heavy atom. The van der Waals surface area contributed by atoms with Gasteiger partial charge in [-0.3, -0.25) is 4.99 Å². The summed E-state index contributed by atoms with van der Waals surface area (Å²) in [5.41, 5.74) is 1.04. The predicted octanol–water partition coefficient (Wildman–Crippen LogP) is 3.11. The third-order valence-electron chi connectivity index (χ3n) is 5.87. The first-order chi connectivity index (χ1) is 13.6. The van der Waals surface area contributed by atoms with Gasteiger partial charge >= 0.3 is 0 Å². The highest BCUT2D eigenvalue weighted by atomic mass is 32.2. The van der Waals surface area contributed by atoms with Gasteiger partial charge < -0.3 is 10.6 Å². The largest absolute Gasteiger partial charge is 0.356 e. The lowest BCUT2D eigenvalue weighted by Gasteiger charge is -2.16. The number of aliphatic imine (C=N–C) groups is 1. The molecule has 156 valence electrons. The standard InChI is InChI=1S/C21H34N4O2S/c1-22-21(23-14-6-9-18-7-2-3-8-18)24-17-19-10-12-20(13-11-19)28(26,27)25-15-4-5-16-25/h10-13,18H,2-9,14-17H2,1H3,(H2,22,23,24). The van der Waals surface area contributed by atoms with Crippen LogP contribution in [0.2, 0.25) is 0 Å². The molecule has 1 aliphatic heterocycles. The van der Waals surface area contributed by atoms with Crippen molar-refractivity contribution in [1.82, 2.24) is 14.9 Å². The van der Waals surface area contributed by atoms with Crippen LogP contribution >= 0.6 is 0 Å². The quantitative estimate of drug-likeness (QED) is 0.395. The number of hydrogen-bond acceptors (Lipinski definition) is 3. The van der Waals surface area contributed by atoms with Gasteiger partial charge in [-0.1, -0.05) is 37.8 Å². The summed E-state index contributed by atoms with van der Waals surface area (Å²) in [4.78, 5) is 4.66. The molecule has 1 aromatic rings. The Labute approximate surface area is 169 Å². The maximum absolute atomic E-state index is 12.6. The Morgan fingerprint density at radius 1 is 1.07 bits per heavy atom. The van der Waals surface area contributed by atoms with E-state index >= 15 is 0 Å². The molecule has 2 N–H and O–H groups in total. The van der Waals surface area contributed by atoms with Gasteiger partial charge in [0.1, 0.15) is 0 Å². The highest BCUT2D eigenvalue weighted by Gasteiger charge is 2.26. The normalized spacial score (nSPS) is 19.2. The SMILES string of the molecule is CN=C(NCCCC1CCCC1)NCc1ccc(S(=O)(=O)N2CCCC2)cc1.